The highest BCUT2D eigenvalue weighted by atomic mass is 79.9. The third-order valence-electron chi connectivity index (χ3n) is 3.19. The van der Waals surface area contributed by atoms with Gasteiger partial charge in [0.05, 0.1) is 17.8 Å². The fraction of sp³-hybridized carbons (Fsp3) is 0.0667. The molecule has 3 rings (SSSR count). The summed E-state index contributed by atoms with van der Waals surface area (Å²) in [6.07, 6.45) is 0. The second-order valence-electron chi connectivity index (χ2n) is 4.48. The van der Waals surface area contributed by atoms with Crippen LogP contribution in [0.2, 0.25) is 0 Å². The van der Waals surface area contributed by atoms with E-state index in [4.69, 9.17) is 0 Å². The van der Waals surface area contributed by atoms with Crippen LogP contribution in [-0.2, 0) is 11.3 Å². The highest BCUT2D eigenvalue weighted by Crippen LogP contribution is 2.36. The van der Waals surface area contributed by atoms with E-state index in [0.717, 1.165) is 5.56 Å². The maximum absolute atomic E-state index is 12.9. The van der Waals surface area contributed by atoms with Crippen molar-refractivity contribution in [2.75, 3.05) is 4.90 Å². The smallest absolute Gasteiger partial charge is 0.299 e. The summed E-state index contributed by atoms with van der Waals surface area (Å²) in [7, 11) is 0. The van der Waals surface area contributed by atoms with Gasteiger partial charge in [-0.2, -0.15) is 0 Å². The number of rotatable bonds is 2. The summed E-state index contributed by atoms with van der Waals surface area (Å²) in [5.41, 5.74) is 1.73. The molecule has 0 bridgehead atoms. The standard InChI is InChI=1S/C15H9BrFNO2/c16-12-3-1-2-11-13(12)18(15(20)14(11)19)8-9-4-6-10(17)7-5-9/h1-7H,8H2. The van der Waals surface area contributed by atoms with Crippen molar-refractivity contribution in [3.8, 4) is 0 Å². The largest absolute Gasteiger partial charge is 0.299 e. The summed E-state index contributed by atoms with van der Waals surface area (Å²) in [6, 6.07) is 11.0. The Kier molecular flexibility index (Phi) is 3.14. The van der Waals surface area contributed by atoms with Gasteiger partial charge in [-0.3, -0.25) is 14.5 Å². The van der Waals surface area contributed by atoms with Crippen molar-refractivity contribution in [2.45, 2.75) is 6.54 Å². The maximum Gasteiger partial charge on any atom is 0.299 e. The van der Waals surface area contributed by atoms with Crippen molar-refractivity contribution in [2.24, 2.45) is 0 Å². The topological polar surface area (TPSA) is 37.4 Å². The predicted molar refractivity (Wildman–Crippen MR) is 76.1 cm³/mol. The molecule has 0 radical (unpaired) electrons. The first-order valence-corrected chi connectivity index (χ1v) is 6.76. The molecule has 100 valence electrons. The van der Waals surface area contributed by atoms with Crippen LogP contribution >= 0.6 is 15.9 Å². The van der Waals surface area contributed by atoms with Crippen LogP contribution in [0.25, 0.3) is 0 Å². The molecule has 0 N–H and O–H groups in total. The van der Waals surface area contributed by atoms with E-state index < -0.39 is 11.7 Å². The molecule has 0 spiro atoms. The molecule has 1 heterocycles. The van der Waals surface area contributed by atoms with Crippen molar-refractivity contribution < 1.29 is 14.0 Å². The number of fused-ring (bicyclic) bond motifs is 1. The molecule has 3 nitrogen and oxygen atoms in total. The summed E-state index contributed by atoms with van der Waals surface area (Å²) in [5.74, 6) is -1.40. The minimum atomic E-state index is -0.559. The van der Waals surface area contributed by atoms with E-state index in [1.54, 1.807) is 30.3 Å². The molecule has 2 aromatic carbocycles. The van der Waals surface area contributed by atoms with Crippen LogP contribution in [0, 0.1) is 5.82 Å². The van der Waals surface area contributed by atoms with Crippen molar-refractivity contribution in [1.82, 2.24) is 0 Å². The number of hydrogen-bond acceptors (Lipinski definition) is 2. The molecule has 5 heteroatoms. The maximum atomic E-state index is 12.9. The summed E-state index contributed by atoms with van der Waals surface area (Å²) >= 11 is 3.36. The van der Waals surface area contributed by atoms with Crippen molar-refractivity contribution in [1.29, 1.82) is 0 Å². The van der Waals surface area contributed by atoms with Crippen LogP contribution in [0.1, 0.15) is 15.9 Å². The van der Waals surface area contributed by atoms with Gasteiger partial charge in [0, 0.05) is 4.47 Å². The fourth-order valence-corrected chi connectivity index (χ4v) is 2.82. The lowest BCUT2D eigenvalue weighted by Crippen LogP contribution is -2.29. The summed E-state index contributed by atoms with van der Waals surface area (Å²) in [4.78, 5) is 25.4. The normalized spacial score (nSPS) is 13.8. The van der Waals surface area contributed by atoms with Gasteiger partial charge < -0.3 is 0 Å². The number of anilines is 1. The average Bonchev–Trinajstić information content (AvgIpc) is 2.68. The molecule has 0 aliphatic carbocycles. The van der Waals surface area contributed by atoms with E-state index in [9.17, 15) is 14.0 Å². The van der Waals surface area contributed by atoms with Gasteiger partial charge in [-0.25, -0.2) is 4.39 Å². The lowest BCUT2D eigenvalue weighted by atomic mass is 10.1. The molecule has 2 aromatic rings. The lowest BCUT2D eigenvalue weighted by molar-refractivity contribution is -0.114. The molecule has 0 unspecified atom stereocenters. The Hall–Kier alpha value is -2.01. The fourth-order valence-electron chi connectivity index (χ4n) is 2.24. The predicted octanol–water partition coefficient (Wildman–Crippen LogP) is 3.32. The van der Waals surface area contributed by atoms with Crippen LogP contribution in [-0.4, -0.2) is 11.7 Å². The van der Waals surface area contributed by atoms with E-state index in [0.29, 0.717) is 15.7 Å². The molecule has 0 atom stereocenters. The Bertz CT molecular complexity index is 712. The lowest BCUT2D eigenvalue weighted by Gasteiger charge is -2.17. The quantitative estimate of drug-likeness (QED) is 0.790. The van der Waals surface area contributed by atoms with Gasteiger partial charge in [-0.05, 0) is 45.8 Å². The van der Waals surface area contributed by atoms with Crippen LogP contribution in [0.15, 0.2) is 46.9 Å². The molecule has 1 aliphatic heterocycles. The van der Waals surface area contributed by atoms with Gasteiger partial charge >= 0.3 is 0 Å². The van der Waals surface area contributed by atoms with Crippen molar-refractivity contribution in [3.63, 3.8) is 0 Å². The first kappa shape index (κ1) is 13.0. The van der Waals surface area contributed by atoms with Crippen molar-refractivity contribution >= 4 is 33.3 Å². The summed E-state index contributed by atoms with van der Waals surface area (Å²) < 4.78 is 13.6. The monoisotopic (exact) mass is 333 g/mol. The Balaban J connectivity index is 2.01. The third-order valence-corrected chi connectivity index (χ3v) is 3.83. The zero-order valence-corrected chi connectivity index (χ0v) is 11.9. The molecule has 20 heavy (non-hydrogen) atoms. The van der Waals surface area contributed by atoms with Crippen molar-refractivity contribution in [3.05, 3.63) is 63.9 Å². The molecular formula is C15H9BrFNO2. The number of nitrogens with zero attached hydrogens (tertiary/aromatic N) is 1. The van der Waals surface area contributed by atoms with E-state index in [1.165, 1.54) is 17.0 Å². The van der Waals surface area contributed by atoms with E-state index >= 15 is 0 Å². The van der Waals surface area contributed by atoms with Gasteiger partial charge in [0.15, 0.2) is 0 Å². The number of benzene rings is 2. The first-order valence-electron chi connectivity index (χ1n) is 5.97. The van der Waals surface area contributed by atoms with Gasteiger partial charge in [-0.15, -0.1) is 0 Å². The van der Waals surface area contributed by atoms with Crippen LogP contribution in [0.3, 0.4) is 0 Å². The number of halogens is 2. The minimum Gasteiger partial charge on any atom is -0.299 e. The zero-order valence-electron chi connectivity index (χ0n) is 10.3. The van der Waals surface area contributed by atoms with Gasteiger partial charge in [-0.1, -0.05) is 18.2 Å². The Morgan fingerprint density at radius 2 is 1.75 bits per heavy atom. The highest BCUT2D eigenvalue weighted by molar-refractivity contribution is 9.10. The molecular weight excluding hydrogens is 325 g/mol. The molecule has 0 fully saturated rings. The highest BCUT2D eigenvalue weighted by Gasteiger charge is 2.36. The second kappa shape index (κ2) is 4.83. The summed E-state index contributed by atoms with van der Waals surface area (Å²) in [5, 5.41) is 0. The molecule has 0 aromatic heterocycles. The van der Waals surface area contributed by atoms with Crippen LogP contribution in [0.4, 0.5) is 10.1 Å². The second-order valence-corrected chi connectivity index (χ2v) is 5.34. The van der Waals surface area contributed by atoms with Crippen LogP contribution in [0.5, 0.6) is 0 Å². The number of carbonyl (C=O) groups is 2. The third kappa shape index (κ3) is 2.04. The van der Waals surface area contributed by atoms with Gasteiger partial charge in [0.2, 0.25) is 0 Å². The summed E-state index contributed by atoms with van der Waals surface area (Å²) in [6.45, 7) is 0.237. The Morgan fingerprint density at radius 1 is 1.05 bits per heavy atom. The average molecular weight is 334 g/mol. The zero-order chi connectivity index (χ0) is 14.3. The number of carbonyl (C=O) groups excluding carboxylic acids is 2. The minimum absolute atomic E-state index is 0.237. The van der Waals surface area contributed by atoms with Gasteiger partial charge in [0.25, 0.3) is 11.7 Å². The van der Waals surface area contributed by atoms with E-state index in [1.807, 2.05) is 0 Å². The Labute approximate surface area is 123 Å². The molecule has 1 amide bonds. The number of para-hydroxylation sites is 1. The SMILES string of the molecule is O=C1C(=O)N(Cc2ccc(F)cc2)c2c(Br)cccc21. The number of Topliss-reactive ketones (excluding diaryl/α,β-unsaturated/α-hetero) is 1. The number of ketones is 1. The van der Waals surface area contributed by atoms with Gasteiger partial charge in [0.1, 0.15) is 5.82 Å². The first-order chi connectivity index (χ1) is 9.58. The molecule has 0 saturated heterocycles. The van der Waals surface area contributed by atoms with Crippen LogP contribution < -0.4 is 4.90 Å². The Morgan fingerprint density at radius 3 is 2.45 bits per heavy atom. The number of hydrogen-bond donors (Lipinski definition) is 0. The van der Waals surface area contributed by atoms with E-state index in [2.05, 4.69) is 15.9 Å². The number of amides is 1. The van der Waals surface area contributed by atoms with E-state index in [-0.39, 0.29) is 12.4 Å². The molecule has 1 aliphatic rings. The molecule has 0 saturated carbocycles.